The quantitative estimate of drug-likeness (QED) is 0.125. The third-order valence-corrected chi connectivity index (χ3v) is 9.78. The topological polar surface area (TPSA) is 203 Å². The van der Waals surface area contributed by atoms with E-state index >= 15 is 0 Å². The van der Waals surface area contributed by atoms with Gasteiger partial charge >= 0.3 is 12.0 Å². The highest BCUT2D eigenvalue weighted by molar-refractivity contribution is 5.94. The standard InChI is InChI=1S/C38H56N8O6/c1-27(2)24-31(33(47)41-30(16-9-10-19-39)35(49)44-22-17-38(40,18-23-44)36(50)51)42-34(48)32(25-28-12-5-3-6-13-28)43-37(52)46(45-20-11-21-45)26-29-14-7-4-8-15-29/h3-8,12-15,27,30-32H,9-11,16-26,39-40H2,1-2H3,(H,41,47)(H,42,48)(H,43,52)(H,50,51)/t30-,31-,32-/m1/s1. The van der Waals surface area contributed by atoms with Crippen LogP contribution in [0.25, 0.3) is 0 Å². The van der Waals surface area contributed by atoms with Crippen molar-refractivity contribution in [1.29, 1.82) is 0 Å². The third-order valence-electron chi connectivity index (χ3n) is 9.78. The van der Waals surface area contributed by atoms with E-state index in [9.17, 15) is 29.1 Å². The van der Waals surface area contributed by atoms with Crippen molar-refractivity contribution in [3.8, 4) is 0 Å². The van der Waals surface area contributed by atoms with Crippen LogP contribution in [-0.4, -0.2) is 106 Å². The van der Waals surface area contributed by atoms with Crippen LogP contribution in [0.15, 0.2) is 60.7 Å². The van der Waals surface area contributed by atoms with Gasteiger partial charge in [-0.15, -0.1) is 0 Å². The maximum atomic E-state index is 14.1. The molecule has 2 aromatic rings. The molecular formula is C38H56N8O6. The first kappa shape index (κ1) is 40.2. The first-order valence-electron chi connectivity index (χ1n) is 18.4. The lowest BCUT2D eigenvalue weighted by atomic mass is 9.88. The molecule has 2 heterocycles. The van der Waals surface area contributed by atoms with Crippen LogP contribution in [0, 0.1) is 5.92 Å². The van der Waals surface area contributed by atoms with Crippen LogP contribution < -0.4 is 27.4 Å². The van der Waals surface area contributed by atoms with E-state index in [-0.39, 0.29) is 44.2 Å². The molecule has 2 aromatic carbocycles. The molecule has 0 radical (unpaired) electrons. The Labute approximate surface area is 306 Å². The van der Waals surface area contributed by atoms with Gasteiger partial charge in [0.2, 0.25) is 17.7 Å². The minimum absolute atomic E-state index is 0.00757. The lowest BCUT2D eigenvalue weighted by Crippen LogP contribution is -2.61. The Kier molecular flexibility index (Phi) is 15.0. The van der Waals surface area contributed by atoms with Gasteiger partial charge in [-0.05, 0) is 68.5 Å². The minimum Gasteiger partial charge on any atom is -0.480 e. The van der Waals surface area contributed by atoms with Crippen molar-refractivity contribution in [1.82, 2.24) is 30.9 Å². The summed E-state index contributed by atoms with van der Waals surface area (Å²) in [6.07, 6.45) is 3.20. The molecule has 2 aliphatic heterocycles. The number of likely N-dealkylation sites (tertiary alicyclic amines) is 1. The Morgan fingerprint density at radius 3 is 1.92 bits per heavy atom. The number of carbonyl (C=O) groups is 5. The monoisotopic (exact) mass is 720 g/mol. The molecular weight excluding hydrogens is 664 g/mol. The summed E-state index contributed by atoms with van der Waals surface area (Å²) in [5, 5.41) is 21.9. The summed E-state index contributed by atoms with van der Waals surface area (Å²) in [7, 11) is 0. The Bertz CT molecular complexity index is 1480. The van der Waals surface area contributed by atoms with Crippen molar-refractivity contribution in [3.05, 3.63) is 71.8 Å². The van der Waals surface area contributed by atoms with Crippen molar-refractivity contribution < 1.29 is 29.1 Å². The molecule has 0 bridgehead atoms. The van der Waals surface area contributed by atoms with Crippen LogP contribution in [0.3, 0.4) is 0 Å². The number of hydrazine groups is 1. The largest absolute Gasteiger partial charge is 0.480 e. The van der Waals surface area contributed by atoms with Crippen LogP contribution in [0.4, 0.5) is 4.79 Å². The highest BCUT2D eigenvalue weighted by Crippen LogP contribution is 2.22. The van der Waals surface area contributed by atoms with E-state index in [0.717, 1.165) is 30.6 Å². The van der Waals surface area contributed by atoms with Gasteiger partial charge in [-0.2, -0.15) is 0 Å². The Morgan fingerprint density at radius 2 is 1.38 bits per heavy atom. The molecule has 8 N–H and O–H groups in total. The SMILES string of the molecule is CC(C)C[C@@H](NC(=O)[C@@H](Cc1ccccc1)NC(=O)N(Cc1ccccc1)N1CCC1)C(=O)N[C@H](CCCCN)C(=O)N1CCC(N)(C(=O)O)CC1. The van der Waals surface area contributed by atoms with Gasteiger partial charge in [0, 0.05) is 32.6 Å². The fourth-order valence-corrected chi connectivity index (χ4v) is 6.44. The molecule has 284 valence electrons. The van der Waals surface area contributed by atoms with E-state index in [1.165, 1.54) is 0 Å². The van der Waals surface area contributed by atoms with E-state index in [4.69, 9.17) is 11.5 Å². The lowest BCUT2D eigenvalue weighted by Gasteiger charge is -2.41. The molecule has 14 heteroatoms. The number of hydrogen-bond donors (Lipinski definition) is 6. The summed E-state index contributed by atoms with van der Waals surface area (Å²) in [5.41, 5.74) is 12.1. The maximum Gasteiger partial charge on any atom is 0.332 e. The van der Waals surface area contributed by atoms with E-state index < -0.39 is 47.5 Å². The highest BCUT2D eigenvalue weighted by atomic mass is 16.4. The summed E-state index contributed by atoms with van der Waals surface area (Å²) in [6.45, 7) is 6.38. The summed E-state index contributed by atoms with van der Waals surface area (Å²) < 4.78 is 0. The van der Waals surface area contributed by atoms with Gasteiger partial charge in [-0.3, -0.25) is 24.2 Å². The van der Waals surface area contributed by atoms with Gasteiger partial charge in [-0.1, -0.05) is 74.5 Å². The van der Waals surface area contributed by atoms with E-state index in [0.29, 0.717) is 38.8 Å². The highest BCUT2D eigenvalue weighted by Gasteiger charge is 2.40. The van der Waals surface area contributed by atoms with Crippen LogP contribution >= 0.6 is 0 Å². The normalized spacial score (nSPS) is 17.3. The fourth-order valence-electron chi connectivity index (χ4n) is 6.44. The number of aliphatic carboxylic acids is 1. The molecule has 0 spiro atoms. The number of rotatable bonds is 18. The molecule has 2 saturated heterocycles. The fraction of sp³-hybridized carbons (Fsp3) is 0.553. The van der Waals surface area contributed by atoms with Crippen molar-refractivity contribution in [2.75, 3.05) is 32.7 Å². The molecule has 0 unspecified atom stereocenters. The number of nitrogens with one attached hydrogen (secondary N) is 3. The predicted octanol–water partition coefficient (Wildman–Crippen LogP) is 1.98. The number of amides is 5. The van der Waals surface area contributed by atoms with Crippen LogP contribution in [-0.2, 0) is 32.1 Å². The van der Waals surface area contributed by atoms with Gasteiger partial charge in [0.25, 0.3) is 0 Å². The summed E-state index contributed by atoms with van der Waals surface area (Å²) in [6, 6.07) is 15.7. The van der Waals surface area contributed by atoms with Gasteiger partial charge in [0.05, 0.1) is 6.54 Å². The maximum absolute atomic E-state index is 14.1. The van der Waals surface area contributed by atoms with Crippen molar-refractivity contribution in [3.63, 3.8) is 0 Å². The first-order valence-corrected chi connectivity index (χ1v) is 18.4. The number of carbonyl (C=O) groups excluding carboxylic acids is 4. The zero-order chi connectivity index (χ0) is 37.7. The van der Waals surface area contributed by atoms with E-state index in [1.807, 2.05) is 79.5 Å². The summed E-state index contributed by atoms with van der Waals surface area (Å²) in [4.78, 5) is 68.9. The predicted molar refractivity (Wildman–Crippen MR) is 197 cm³/mol. The molecule has 14 nitrogen and oxygen atoms in total. The van der Waals surface area contributed by atoms with Crippen LogP contribution in [0.2, 0.25) is 0 Å². The van der Waals surface area contributed by atoms with Gasteiger partial charge in [-0.25, -0.2) is 9.80 Å². The second kappa shape index (κ2) is 19.3. The van der Waals surface area contributed by atoms with E-state index in [1.54, 1.807) is 9.91 Å². The van der Waals surface area contributed by atoms with Crippen molar-refractivity contribution in [2.45, 2.75) is 95.4 Å². The Balaban J connectivity index is 1.51. The van der Waals surface area contributed by atoms with Crippen molar-refractivity contribution >= 4 is 29.7 Å². The molecule has 2 fully saturated rings. The number of nitrogens with zero attached hydrogens (tertiary/aromatic N) is 3. The van der Waals surface area contributed by atoms with Gasteiger partial charge < -0.3 is 37.4 Å². The van der Waals surface area contributed by atoms with Crippen LogP contribution in [0.5, 0.6) is 0 Å². The third kappa shape index (κ3) is 11.5. The summed E-state index contributed by atoms with van der Waals surface area (Å²) >= 11 is 0. The van der Waals surface area contributed by atoms with Crippen molar-refractivity contribution in [2.24, 2.45) is 17.4 Å². The molecule has 4 rings (SSSR count). The summed E-state index contributed by atoms with van der Waals surface area (Å²) in [5.74, 6) is -2.46. The second-order valence-electron chi connectivity index (χ2n) is 14.4. The number of unbranched alkanes of at least 4 members (excludes halogenated alkanes) is 1. The molecule has 5 amide bonds. The zero-order valence-electron chi connectivity index (χ0n) is 30.5. The molecule has 3 atom stereocenters. The second-order valence-corrected chi connectivity index (χ2v) is 14.4. The first-order chi connectivity index (χ1) is 24.9. The lowest BCUT2D eigenvalue weighted by molar-refractivity contribution is -0.148. The molecule has 52 heavy (non-hydrogen) atoms. The number of carboxylic acid groups (broad SMARTS) is 1. The van der Waals surface area contributed by atoms with Gasteiger partial charge in [0.1, 0.15) is 23.7 Å². The Morgan fingerprint density at radius 1 is 0.808 bits per heavy atom. The molecule has 0 aromatic heterocycles. The van der Waals surface area contributed by atoms with E-state index in [2.05, 4.69) is 16.0 Å². The number of carboxylic acids is 1. The van der Waals surface area contributed by atoms with Crippen LogP contribution in [0.1, 0.15) is 69.9 Å². The Hall–Kier alpha value is -4.53. The number of piperidine rings is 1. The average Bonchev–Trinajstić information content (AvgIpc) is 3.10. The molecule has 2 aliphatic rings. The zero-order valence-corrected chi connectivity index (χ0v) is 30.5. The number of nitrogens with two attached hydrogens (primary N) is 2. The number of benzene rings is 2. The number of hydrogen-bond acceptors (Lipinski definition) is 8. The molecule has 0 saturated carbocycles. The average molecular weight is 721 g/mol. The minimum atomic E-state index is -1.40. The molecule has 0 aliphatic carbocycles. The van der Waals surface area contributed by atoms with Gasteiger partial charge in [0.15, 0.2) is 0 Å². The smallest absolute Gasteiger partial charge is 0.332 e. The number of urea groups is 1.